The van der Waals surface area contributed by atoms with E-state index in [9.17, 15) is 9.59 Å². The summed E-state index contributed by atoms with van der Waals surface area (Å²) in [4.78, 5) is 28.1. The van der Waals surface area contributed by atoms with Crippen LogP contribution in [0.3, 0.4) is 0 Å². The molecule has 0 spiro atoms. The van der Waals surface area contributed by atoms with E-state index in [4.69, 9.17) is 0 Å². The van der Waals surface area contributed by atoms with Gasteiger partial charge in [0.25, 0.3) is 11.1 Å². The average Bonchev–Trinajstić information content (AvgIpc) is 2.82. The van der Waals surface area contributed by atoms with Crippen LogP contribution < -0.4 is 9.80 Å². The summed E-state index contributed by atoms with van der Waals surface area (Å²) in [7, 11) is 1.83. The van der Waals surface area contributed by atoms with E-state index in [-0.39, 0.29) is 11.1 Å². The largest absolute Gasteiger partial charge is 0.354 e. The standard InChI is InChI=1S/C17H16N2O2S/c1-12-7-6-10-14(11-12)19-15(20)16(22-17(19)21)18(2)13-8-4-3-5-9-13/h3-11,16H,1-2H3/t16-/m0/s1. The van der Waals surface area contributed by atoms with Crippen molar-refractivity contribution in [1.82, 2.24) is 0 Å². The van der Waals surface area contributed by atoms with Crippen LogP contribution in [-0.4, -0.2) is 23.6 Å². The fourth-order valence-electron chi connectivity index (χ4n) is 2.44. The number of nitrogens with zero attached hydrogens (tertiary/aromatic N) is 2. The lowest BCUT2D eigenvalue weighted by Gasteiger charge is -2.24. The fraction of sp³-hybridized carbons (Fsp3) is 0.176. The van der Waals surface area contributed by atoms with Crippen LogP contribution in [0, 0.1) is 6.92 Å². The smallest absolute Gasteiger partial charge is 0.295 e. The second-order valence-corrected chi connectivity index (χ2v) is 6.23. The van der Waals surface area contributed by atoms with Crippen molar-refractivity contribution < 1.29 is 9.59 Å². The molecule has 22 heavy (non-hydrogen) atoms. The van der Waals surface area contributed by atoms with Crippen LogP contribution in [0.2, 0.25) is 0 Å². The fourth-order valence-corrected chi connectivity index (χ4v) is 3.42. The maximum atomic E-state index is 12.7. The molecule has 0 unspecified atom stereocenters. The number of rotatable bonds is 3. The van der Waals surface area contributed by atoms with E-state index in [1.165, 1.54) is 4.90 Å². The minimum atomic E-state index is -0.532. The van der Waals surface area contributed by atoms with Gasteiger partial charge >= 0.3 is 0 Å². The Balaban J connectivity index is 1.89. The van der Waals surface area contributed by atoms with Crippen molar-refractivity contribution in [2.75, 3.05) is 16.8 Å². The number of imide groups is 1. The van der Waals surface area contributed by atoms with Crippen molar-refractivity contribution in [1.29, 1.82) is 0 Å². The van der Waals surface area contributed by atoms with Crippen molar-refractivity contribution in [3.63, 3.8) is 0 Å². The number of carbonyl (C=O) groups excluding carboxylic acids is 2. The lowest BCUT2D eigenvalue weighted by atomic mass is 10.2. The van der Waals surface area contributed by atoms with Gasteiger partial charge in [-0.2, -0.15) is 0 Å². The Labute approximate surface area is 133 Å². The van der Waals surface area contributed by atoms with Gasteiger partial charge < -0.3 is 4.90 Å². The number of hydrogen-bond donors (Lipinski definition) is 0. The number of benzene rings is 2. The molecule has 112 valence electrons. The molecule has 5 heteroatoms. The van der Waals surface area contributed by atoms with Crippen molar-refractivity contribution in [3.05, 3.63) is 60.2 Å². The molecular formula is C17H16N2O2S. The highest BCUT2D eigenvalue weighted by molar-refractivity contribution is 8.16. The topological polar surface area (TPSA) is 40.6 Å². The summed E-state index contributed by atoms with van der Waals surface area (Å²) in [5, 5.41) is -0.765. The SMILES string of the molecule is Cc1cccc(N2C(=O)S[C@H](N(C)c3ccccc3)C2=O)c1. The van der Waals surface area contributed by atoms with E-state index >= 15 is 0 Å². The molecule has 2 amide bonds. The first-order valence-electron chi connectivity index (χ1n) is 6.97. The van der Waals surface area contributed by atoms with Crippen molar-refractivity contribution in [2.24, 2.45) is 0 Å². The molecule has 2 aromatic carbocycles. The van der Waals surface area contributed by atoms with Crippen LogP contribution in [0.4, 0.5) is 16.2 Å². The lowest BCUT2D eigenvalue weighted by Crippen LogP contribution is -2.39. The van der Waals surface area contributed by atoms with Crippen molar-refractivity contribution in [3.8, 4) is 0 Å². The highest BCUT2D eigenvalue weighted by atomic mass is 32.2. The van der Waals surface area contributed by atoms with Gasteiger partial charge in [0.15, 0.2) is 5.37 Å². The van der Waals surface area contributed by atoms with Gasteiger partial charge in [0, 0.05) is 12.7 Å². The molecule has 4 nitrogen and oxygen atoms in total. The third-order valence-electron chi connectivity index (χ3n) is 3.60. The first-order chi connectivity index (χ1) is 10.6. The van der Waals surface area contributed by atoms with Gasteiger partial charge in [0.1, 0.15) is 0 Å². The Bertz CT molecular complexity index is 718. The molecule has 1 atom stereocenters. The number of thioether (sulfide) groups is 1. The van der Waals surface area contributed by atoms with Gasteiger partial charge in [-0.05, 0) is 48.5 Å². The predicted molar refractivity (Wildman–Crippen MR) is 90.3 cm³/mol. The first kappa shape index (κ1) is 14.7. The molecule has 0 radical (unpaired) electrons. The van der Waals surface area contributed by atoms with Crippen LogP contribution in [0.1, 0.15) is 5.56 Å². The average molecular weight is 312 g/mol. The van der Waals surface area contributed by atoms with E-state index < -0.39 is 5.37 Å². The summed E-state index contributed by atoms with van der Waals surface area (Å²) in [5.41, 5.74) is 2.56. The number of para-hydroxylation sites is 1. The van der Waals surface area contributed by atoms with Crippen LogP contribution in [0.15, 0.2) is 54.6 Å². The van der Waals surface area contributed by atoms with Crippen LogP contribution in [0.5, 0.6) is 0 Å². The third-order valence-corrected chi connectivity index (χ3v) is 4.73. The number of anilines is 2. The Morgan fingerprint density at radius 2 is 1.77 bits per heavy atom. The summed E-state index contributed by atoms with van der Waals surface area (Å²) < 4.78 is 0. The summed E-state index contributed by atoms with van der Waals surface area (Å²) in [6, 6.07) is 17.0. The highest BCUT2D eigenvalue weighted by Crippen LogP contribution is 2.35. The second kappa shape index (κ2) is 5.85. The van der Waals surface area contributed by atoms with Gasteiger partial charge in [-0.1, -0.05) is 30.3 Å². The summed E-state index contributed by atoms with van der Waals surface area (Å²) in [6.07, 6.45) is 0. The summed E-state index contributed by atoms with van der Waals surface area (Å²) >= 11 is 1.05. The van der Waals surface area contributed by atoms with Gasteiger partial charge in [-0.25, -0.2) is 4.90 Å². The monoisotopic (exact) mass is 312 g/mol. The molecule has 1 aliphatic heterocycles. The molecule has 0 aromatic heterocycles. The van der Waals surface area contributed by atoms with Gasteiger partial charge in [-0.3, -0.25) is 9.59 Å². The molecule has 0 N–H and O–H groups in total. The van der Waals surface area contributed by atoms with E-state index in [1.54, 1.807) is 6.07 Å². The maximum absolute atomic E-state index is 12.7. The number of amides is 2. The summed E-state index contributed by atoms with van der Waals surface area (Å²) in [6.45, 7) is 1.94. The number of hydrogen-bond acceptors (Lipinski definition) is 4. The van der Waals surface area contributed by atoms with Gasteiger partial charge in [0.05, 0.1) is 5.69 Å². The van der Waals surface area contributed by atoms with Crippen molar-refractivity contribution >= 4 is 34.3 Å². The van der Waals surface area contributed by atoms with E-state index in [1.807, 2.05) is 67.4 Å². The predicted octanol–water partition coefficient (Wildman–Crippen LogP) is 3.66. The van der Waals surface area contributed by atoms with Crippen LogP contribution in [0.25, 0.3) is 0 Å². The Kier molecular flexibility index (Phi) is 3.90. The molecule has 1 saturated heterocycles. The zero-order valence-electron chi connectivity index (χ0n) is 12.4. The number of likely N-dealkylation sites (N-methyl/N-ethyl adjacent to an activating group) is 1. The zero-order chi connectivity index (χ0) is 15.7. The lowest BCUT2D eigenvalue weighted by molar-refractivity contribution is -0.116. The van der Waals surface area contributed by atoms with Crippen LogP contribution in [-0.2, 0) is 4.79 Å². The number of aryl methyl sites for hydroxylation is 1. The molecule has 3 rings (SSSR count). The quantitative estimate of drug-likeness (QED) is 0.867. The Morgan fingerprint density at radius 1 is 1.05 bits per heavy atom. The minimum Gasteiger partial charge on any atom is -0.354 e. The molecule has 1 aliphatic rings. The van der Waals surface area contributed by atoms with E-state index in [0.717, 1.165) is 23.0 Å². The third kappa shape index (κ3) is 2.60. The van der Waals surface area contributed by atoms with Crippen LogP contribution >= 0.6 is 11.8 Å². The molecule has 1 heterocycles. The molecule has 0 bridgehead atoms. The molecular weight excluding hydrogens is 296 g/mol. The first-order valence-corrected chi connectivity index (χ1v) is 7.85. The van der Waals surface area contributed by atoms with E-state index in [0.29, 0.717) is 5.69 Å². The highest BCUT2D eigenvalue weighted by Gasteiger charge is 2.43. The molecule has 0 saturated carbocycles. The minimum absolute atomic E-state index is 0.202. The second-order valence-electron chi connectivity index (χ2n) is 5.20. The molecule has 2 aromatic rings. The maximum Gasteiger partial charge on any atom is 0.295 e. The zero-order valence-corrected chi connectivity index (χ0v) is 13.2. The molecule has 0 aliphatic carbocycles. The Morgan fingerprint density at radius 3 is 2.45 bits per heavy atom. The van der Waals surface area contributed by atoms with Gasteiger partial charge in [0.2, 0.25) is 0 Å². The normalized spacial score (nSPS) is 17.9. The summed E-state index contributed by atoms with van der Waals surface area (Å²) in [5.74, 6) is -0.202. The van der Waals surface area contributed by atoms with Gasteiger partial charge in [-0.15, -0.1) is 0 Å². The van der Waals surface area contributed by atoms with Crippen molar-refractivity contribution in [2.45, 2.75) is 12.3 Å². The Hall–Kier alpha value is -2.27. The molecule has 1 fully saturated rings. The number of carbonyl (C=O) groups is 2. The van der Waals surface area contributed by atoms with E-state index in [2.05, 4.69) is 0 Å².